The summed E-state index contributed by atoms with van der Waals surface area (Å²) in [6.45, 7) is -5.58. The van der Waals surface area contributed by atoms with Crippen molar-refractivity contribution in [2.24, 2.45) is 0 Å². The van der Waals surface area contributed by atoms with Crippen LogP contribution in [0.15, 0.2) is 0 Å². The first-order chi connectivity index (χ1) is 45.7. The third-order valence-electron chi connectivity index (χ3n) is 18.1. The highest BCUT2D eigenvalue weighted by molar-refractivity contribution is 7.99. The molecule has 0 saturated carbocycles. The third kappa shape index (κ3) is 16.9. The fourth-order valence-corrected chi connectivity index (χ4v) is 13.4. The van der Waals surface area contributed by atoms with Crippen molar-refractivity contribution in [2.45, 2.75) is 265 Å². The lowest BCUT2D eigenvalue weighted by atomic mass is 9.95. The van der Waals surface area contributed by atoms with Gasteiger partial charge in [0.15, 0.2) is 50.3 Å². The summed E-state index contributed by atoms with van der Waals surface area (Å²) in [5, 5.41) is 257. The Balaban J connectivity index is 0.953. The van der Waals surface area contributed by atoms with Crippen molar-refractivity contribution in [3.05, 3.63) is 0 Å². The minimum atomic E-state index is -2.28. The summed E-state index contributed by atoms with van der Waals surface area (Å²) in [5.41, 5.74) is 0. The second-order valence-electron chi connectivity index (χ2n) is 24.5. The maximum absolute atomic E-state index is 13.4. The van der Waals surface area contributed by atoms with Gasteiger partial charge in [0.2, 0.25) is 5.91 Å². The third-order valence-corrected chi connectivity index (χ3v) is 19.2. The monoisotopic (exact) mass is 1430 g/mol. The van der Waals surface area contributed by atoms with Crippen LogP contribution in [0.2, 0.25) is 0 Å². The molecule has 40 atom stereocenters. The largest absolute Gasteiger partial charge is 0.394 e. The first-order valence-corrected chi connectivity index (χ1v) is 32.4. The Morgan fingerprint density at radius 1 is 0.323 bits per heavy atom. The number of aliphatic hydroxyl groups is 23. The van der Waals surface area contributed by atoms with E-state index < -0.39 is 298 Å². The van der Waals surface area contributed by atoms with Gasteiger partial charge in [-0.2, -0.15) is 11.8 Å². The van der Waals surface area contributed by atoms with Crippen LogP contribution in [0.5, 0.6) is 0 Å². The van der Waals surface area contributed by atoms with Gasteiger partial charge in [-0.05, 0) is 19.1 Å². The van der Waals surface area contributed by atoms with Crippen molar-refractivity contribution in [3.63, 3.8) is 0 Å². The van der Waals surface area contributed by atoms with Gasteiger partial charge in [-0.1, -0.05) is 0 Å². The first-order valence-electron chi connectivity index (χ1n) is 31.2. The Hall–Kier alpha value is -1.74. The van der Waals surface area contributed by atoms with E-state index in [1.165, 1.54) is 18.7 Å². The minimum absolute atomic E-state index is 0.0556. The molecule has 22 aliphatic heterocycles. The maximum Gasteiger partial charge on any atom is 0.220 e. The van der Waals surface area contributed by atoms with Crippen LogP contribution in [0, 0.1) is 0 Å². The van der Waals surface area contributed by atoms with Crippen molar-refractivity contribution in [1.29, 1.82) is 0 Å². The number of hydrogen-bond acceptors (Lipinski definition) is 41. The van der Waals surface area contributed by atoms with E-state index in [2.05, 4.69) is 5.32 Å². The van der Waals surface area contributed by atoms with Gasteiger partial charge in [0.1, 0.15) is 189 Å². The minimum Gasteiger partial charge on any atom is -0.394 e. The molecule has 558 valence electrons. The van der Waals surface area contributed by atoms with E-state index in [0.29, 0.717) is 12.2 Å². The van der Waals surface area contributed by atoms with Crippen LogP contribution in [0.4, 0.5) is 0 Å². The molecule has 24 N–H and O–H groups in total. The van der Waals surface area contributed by atoms with Crippen molar-refractivity contribution in [1.82, 2.24) is 5.32 Å². The lowest BCUT2D eigenvalue weighted by Gasteiger charge is -2.50. The SMILES string of the molecule is C[C@H]1O[C@H](OCCCSCCC(=O)NC[C@H]2O[C@@H]3O[C@H]4[C@H](O)[C@@H](O)[C@@H](O[C@H]5[C@H](O)[C@@H](O)[C@@H](O[C@H]6[C@H](O)[C@@H](O)[C@@H](O[C@H]7[C@H](O)[C@@H](O)[C@@H](O[C@H]8[C@H](O)[C@@H](O)[C@@H](O[C@H]9[C@H](O)[C@@H](O)[C@@H](O[C@H]2[C@H](O)[C@H]3O)O[C@@H]9CO)O[C@@H]8CO)O[C@@H]7CO)O[C@@H]6CO)O[C@@H]5CO)O[C@@H]4CO)[C@H](O)[C@@H](O)[C@H]1O. The lowest BCUT2D eigenvalue weighted by molar-refractivity contribution is -0.396. The standard InChI is InChI=1S/C54H91NO40S/c1-14-23(63)24(64)32(72)47(81-14)80-4-2-5-96-6-3-22(62)55-7-15-40-25(65)33(73)48(82-15)90-41-16(8-56)84-50(35(75)27(41)67)92-43-18(10-58)86-52(37(77)29(43)69)94-45-20(12-60)88-54(39(79)31(45)71)95-46-21(13-61)87-53(38(78)30(46)70)93-44-19(11-59)85-51(36(76)28(44)68)91-42-17(9-57)83-49(89-40)34(74)26(42)66/h14-21,23-54,56-61,63-79H,2-13H2,1H3,(H,55,62)/t14-,15-,16-,17-,18-,19-,20-,21-,23+,24+,25-,26-,27-,28-,29-,30-,31-,32-,33-,34-,35-,36-,37-,38-,39-,40-,41-,42-,43-,44-,45-,46-,47+,48-,49-,50-,51-,52-,53-,54-/m1/s1. The normalized spacial score (nSPS) is 51.5. The number of carbonyl (C=O) groups excluding carboxylic acids is 1. The summed E-state index contributed by atoms with van der Waals surface area (Å²) >= 11 is 1.30. The fraction of sp³-hybridized carbons (Fsp3) is 0.981. The number of ether oxygens (including phenoxy) is 16. The molecule has 0 aromatic rings. The molecule has 22 fully saturated rings. The molecule has 0 aromatic heterocycles. The summed E-state index contributed by atoms with van der Waals surface area (Å²) < 4.78 is 92.1. The van der Waals surface area contributed by atoms with Crippen LogP contribution in [-0.2, 0) is 80.6 Å². The molecule has 0 aromatic carbocycles. The molecule has 22 saturated heterocycles. The maximum atomic E-state index is 13.4. The number of amides is 1. The van der Waals surface area contributed by atoms with Gasteiger partial charge in [0.25, 0.3) is 0 Å². The molecule has 0 unspecified atom stereocenters. The highest BCUT2D eigenvalue weighted by Gasteiger charge is 2.60. The Morgan fingerprint density at radius 2 is 0.583 bits per heavy atom. The van der Waals surface area contributed by atoms with Crippen molar-refractivity contribution < 1.29 is 198 Å². The van der Waals surface area contributed by atoms with Gasteiger partial charge >= 0.3 is 0 Å². The quantitative estimate of drug-likeness (QED) is 0.0638. The summed E-state index contributed by atoms with van der Waals surface area (Å²) in [5.74, 6) is -0.0305. The fourth-order valence-electron chi connectivity index (χ4n) is 12.5. The topological polar surface area (TPSA) is 642 Å². The second-order valence-corrected chi connectivity index (χ2v) is 25.8. The van der Waals surface area contributed by atoms with E-state index in [0.717, 1.165) is 0 Å². The van der Waals surface area contributed by atoms with E-state index in [-0.39, 0.29) is 18.8 Å². The average molecular weight is 1430 g/mol. The molecule has 96 heavy (non-hydrogen) atoms. The van der Waals surface area contributed by atoms with Crippen molar-refractivity contribution in [2.75, 3.05) is 64.3 Å². The molecule has 22 aliphatic rings. The smallest absolute Gasteiger partial charge is 0.220 e. The zero-order valence-corrected chi connectivity index (χ0v) is 52.0. The van der Waals surface area contributed by atoms with Crippen LogP contribution in [0.1, 0.15) is 19.8 Å². The van der Waals surface area contributed by atoms with Crippen LogP contribution in [0.3, 0.4) is 0 Å². The molecule has 0 spiro atoms. The Kier molecular flexibility index (Phi) is 28.3. The van der Waals surface area contributed by atoms with Gasteiger partial charge in [0, 0.05) is 18.7 Å². The Labute approximate surface area is 549 Å². The first kappa shape index (κ1) is 78.4. The summed E-state index contributed by atoms with van der Waals surface area (Å²) in [6, 6.07) is 0. The molecule has 41 nitrogen and oxygen atoms in total. The average Bonchev–Trinajstić information content (AvgIpc) is 0.781. The molecule has 0 radical (unpaired) electrons. The van der Waals surface area contributed by atoms with Gasteiger partial charge in [-0.3, -0.25) is 4.79 Å². The molecular weight excluding hydrogens is 1330 g/mol. The number of hydrogen-bond donors (Lipinski definition) is 24. The van der Waals surface area contributed by atoms with E-state index in [1.807, 2.05) is 0 Å². The van der Waals surface area contributed by atoms with Crippen LogP contribution < -0.4 is 5.32 Å². The summed E-state index contributed by atoms with van der Waals surface area (Å²) in [6.07, 6.45) is -78.1. The number of thioether (sulfide) groups is 1. The van der Waals surface area contributed by atoms with Crippen molar-refractivity contribution in [3.8, 4) is 0 Å². The zero-order chi connectivity index (χ0) is 69.9. The number of carbonyl (C=O) groups is 1. The Morgan fingerprint density at radius 3 is 0.854 bits per heavy atom. The lowest BCUT2D eigenvalue weighted by Crippen LogP contribution is -2.68. The molecule has 22 heterocycles. The van der Waals surface area contributed by atoms with Crippen molar-refractivity contribution >= 4 is 17.7 Å². The summed E-state index contributed by atoms with van der Waals surface area (Å²) in [4.78, 5) is 13.4. The number of nitrogens with one attached hydrogen (secondary N) is 1. The number of aliphatic hydroxyl groups excluding tert-OH is 23. The number of rotatable bonds is 16. The van der Waals surface area contributed by atoms with E-state index >= 15 is 0 Å². The predicted molar refractivity (Wildman–Crippen MR) is 299 cm³/mol. The highest BCUT2D eigenvalue weighted by atomic mass is 32.2. The van der Waals surface area contributed by atoms with Crippen LogP contribution >= 0.6 is 11.8 Å². The van der Waals surface area contributed by atoms with Gasteiger partial charge in [-0.25, -0.2) is 0 Å². The molecule has 0 aliphatic carbocycles. The highest BCUT2D eigenvalue weighted by Crippen LogP contribution is 2.39. The van der Waals surface area contributed by atoms with E-state index in [1.54, 1.807) is 0 Å². The predicted octanol–water partition coefficient (Wildman–Crippen LogP) is -15.7. The zero-order valence-electron chi connectivity index (χ0n) is 51.2. The summed E-state index contributed by atoms with van der Waals surface area (Å²) in [7, 11) is 0. The van der Waals surface area contributed by atoms with Gasteiger partial charge < -0.3 is 199 Å². The molecule has 1 amide bonds. The van der Waals surface area contributed by atoms with E-state index in [9.17, 15) is 122 Å². The Bertz CT molecular complexity index is 2360. The second kappa shape index (κ2) is 34.7. The molecular formula is C54H91NO40S. The van der Waals surface area contributed by atoms with Crippen LogP contribution in [-0.4, -0.2) is 433 Å². The van der Waals surface area contributed by atoms with Crippen LogP contribution in [0.25, 0.3) is 0 Å². The molecule has 22 rings (SSSR count). The van der Waals surface area contributed by atoms with E-state index in [4.69, 9.17) is 75.8 Å². The van der Waals surface area contributed by atoms with Gasteiger partial charge in [0.05, 0.1) is 52.4 Å². The molecule has 42 heteroatoms. The molecule has 14 bridgehead atoms. The van der Waals surface area contributed by atoms with Gasteiger partial charge in [-0.15, -0.1) is 0 Å².